The summed E-state index contributed by atoms with van der Waals surface area (Å²) in [7, 11) is 1.62. The van der Waals surface area contributed by atoms with E-state index >= 15 is 0 Å². The van der Waals surface area contributed by atoms with Gasteiger partial charge < -0.3 is 19.6 Å². The fourth-order valence-corrected chi connectivity index (χ4v) is 4.62. The quantitative estimate of drug-likeness (QED) is 0.654. The van der Waals surface area contributed by atoms with Gasteiger partial charge in [0.15, 0.2) is 0 Å². The predicted octanol–water partition coefficient (Wildman–Crippen LogP) is 3.39. The Labute approximate surface area is 195 Å². The standard InChI is InChI=1S/C21H22Cl2N6O3/c1-32-15-2-3-17(22)13(8-15)9-27-11-16-18(12-27)25-20(23)26-19(16)28-6-7-29(21(30)31)14(10-28)4-5-24/h2-3,8,14H,4,6-7,9-12H2,1H3,(H,30,31). The van der Waals surface area contributed by atoms with Crippen molar-refractivity contribution in [3.05, 3.63) is 45.3 Å². The summed E-state index contributed by atoms with van der Waals surface area (Å²) in [5.41, 5.74) is 2.76. The Bertz CT molecular complexity index is 1080. The van der Waals surface area contributed by atoms with E-state index in [0.29, 0.717) is 50.1 Å². The van der Waals surface area contributed by atoms with Crippen LogP contribution >= 0.6 is 23.2 Å². The number of benzene rings is 1. The normalized spacial score (nSPS) is 18.4. The summed E-state index contributed by atoms with van der Waals surface area (Å²) in [6, 6.07) is 7.22. The molecule has 1 saturated heterocycles. The number of nitrogens with zero attached hydrogens (tertiary/aromatic N) is 6. The smallest absolute Gasteiger partial charge is 0.407 e. The summed E-state index contributed by atoms with van der Waals surface area (Å²) < 4.78 is 5.31. The van der Waals surface area contributed by atoms with Crippen molar-refractivity contribution in [3.63, 3.8) is 0 Å². The van der Waals surface area contributed by atoms with E-state index in [1.165, 1.54) is 4.90 Å². The number of carboxylic acid groups (broad SMARTS) is 1. The lowest BCUT2D eigenvalue weighted by Gasteiger charge is -2.40. The third-order valence-electron chi connectivity index (χ3n) is 5.80. The first kappa shape index (κ1) is 22.4. The highest BCUT2D eigenvalue weighted by atomic mass is 35.5. The van der Waals surface area contributed by atoms with Crippen LogP contribution in [0.5, 0.6) is 5.75 Å². The number of nitriles is 1. The topological polar surface area (TPSA) is 106 Å². The van der Waals surface area contributed by atoms with Gasteiger partial charge in [0.25, 0.3) is 0 Å². The maximum Gasteiger partial charge on any atom is 0.407 e. The number of aromatic nitrogens is 2. The first-order valence-electron chi connectivity index (χ1n) is 10.1. The lowest BCUT2D eigenvalue weighted by molar-refractivity contribution is 0.119. The largest absolute Gasteiger partial charge is 0.497 e. The van der Waals surface area contributed by atoms with Crippen LogP contribution in [-0.4, -0.2) is 63.8 Å². The number of methoxy groups -OCH3 is 1. The Morgan fingerprint density at radius 2 is 2.12 bits per heavy atom. The van der Waals surface area contributed by atoms with Crippen LogP contribution in [0.15, 0.2) is 18.2 Å². The van der Waals surface area contributed by atoms with E-state index in [4.69, 9.17) is 33.2 Å². The van der Waals surface area contributed by atoms with Crippen molar-refractivity contribution >= 4 is 35.1 Å². The Morgan fingerprint density at radius 3 is 2.84 bits per heavy atom. The number of fused-ring (bicyclic) bond motifs is 1. The van der Waals surface area contributed by atoms with Crippen LogP contribution in [0, 0.1) is 11.3 Å². The molecule has 1 fully saturated rings. The Kier molecular flexibility index (Phi) is 6.55. The van der Waals surface area contributed by atoms with Crippen LogP contribution in [0.4, 0.5) is 10.6 Å². The summed E-state index contributed by atoms with van der Waals surface area (Å²) >= 11 is 12.6. The minimum atomic E-state index is -1.02. The number of hydrogen-bond acceptors (Lipinski definition) is 7. The van der Waals surface area contributed by atoms with Gasteiger partial charge in [-0.05, 0) is 35.4 Å². The number of halogens is 2. The second-order valence-electron chi connectivity index (χ2n) is 7.78. The molecule has 1 aromatic carbocycles. The SMILES string of the molecule is COc1ccc(Cl)c(CN2Cc3nc(Cl)nc(N4CCN(C(=O)O)C(CC#N)C4)c3C2)c1. The molecule has 1 amide bonds. The third-order valence-corrected chi connectivity index (χ3v) is 6.34. The molecule has 32 heavy (non-hydrogen) atoms. The van der Waals surface area contributed by atoms with E-state index in [2.05, 4.69) is 20.9 Å². The molecule has 168 valence electrons. The van der Waals surface area contributed by atoms with Gasteiger partial charge in [-0.2, -0.15) is 5.26 Å². The fourth-order valence-electron chi connectivity index (χ4n) is 4.26. The van der Waals surface area contributed by atoms with Gasteiger partial charge >= 0.3 is 6.09 Å². The lowest BCUT2D eigenvalue weighted by atomic mass is 10.1. The highest BCUT2D eigenvalue weighted by Crippen LogP contribution is 2.34. The molecule has 0 saturated carbocycles. The summed E-state index contributed by atoms with van der Waals surface area (Å²) in [6.45, 7) is 2.94. The monoisotopic (exact) mass is 476 g/mol. The minimum absolute atomic E-state index is 0.115. The van der Waals surface area contributed by atoms with Gasteiger partial charge in [-0.15, -0.1) is 0 Å². The fraction of sp³-hybridized carbons (Fsp3) is 0.429. The van der Waals surface area contributed by atoms with Gasteiger partial charge in [-0.3, -0.25) is 4.90 Å². The summed E-state index contributed by atoms with van der Waals surface area (Å²) in [6.07, 6.45) is -0.901. The average Bonchev–Trinajstić information content (AvgIpc) is 3.16. The second kappa shape index (κ2) is 9.36. The van der Waals surface area contributed by atoms with E-state index in [9.17, 15) is 9.90 Å². The molecule has 1 aromatic heterocycles. The molecule has 0 bridgehead atoms. The zero-order valence-electron chi connectivity index (χ0n) is 17.5. The van der Waals surface area contributed by atoms with Crippen molar-refractivity contribution < 1.29 is 14.6 Å². The molecule has 0 aliphatic carbocycles. The molecular weight excluding hydrogens is 455 g/mol. The second-order valence-corrected chi connectivity index (χ2v) is 8.53. The average molecular weight is 477 g/mol. The minimum Gasteiger partial charge on any atom is -0.497 e. The van der Waals surface area contributed by atoms with Crippen LogP contribution in [0.25, 0.3) is 0 Å². The molecule has 1 N–H and O–H groups in total. The van der Waals surface area contributed by atoms with Crippen molar-refractivity contribution in [2.75, 3.05) is 31.6 Å². The molecule has 2 aliphatic heterocycles. The first-order valence-corrected chi connectivity index (χ1v) is 10.9. The summed E-state index contributed by atoms with van der Waals surface area (Å²) in [5.74, 6) is 1.44. The molecule has 3 heterocycles. The summed E-state index contributed by atoms with van der Waals surface area (Å²) in [5, 5.41) is 19.4. The summed E-state index contributed by atoms with van der Waals surface area (Å²) in [4.78, 5) is 26.0. The molecule has 1 atom stereocenters. The molecular formula is C21H22Cl2N6O3. The van der Waals surface area contributed by atoms with Crippen LogP contribution in [0.1, 0.15) is 23.2 Å². The van der Waals surface area contributed by atoms with E-state index in [1.54, 1.807) is 7.11 Å². The van der Waals surface area contributed by atoms with E-state index < -0.39 is 12.1 Å². The van der Waals surface area contributed by atoms with E-state index in [0.717, 1.165) is 22.6 Å². The first-order chi connectivity index (χ1) is 15.4. The van der Waals surface area contributed by atoms with Gasteiger partial charge in [0, 0.05) is 49.9 Å². The number of rotatable bonds is 5. The molecule has 9 nitrogen and oxygen atoms in total. The van der Waals surface area contributed by atoms with Crippen LogP contribution < -0.4 is 9.64 Å². The Balaban J connectivity index is 1.56. The number of anilines is 1. The molecule has 2 aromatic rings. The van der Waals surface area contributed by atoms with Crippen molar-refractivity contribution in [2.45, 2.75) is 32.1 Å². The Morgan fingerprint density at radius 1 is 1.31 bits per heavy atom. The highest BCUT2D eigenvalue weighted by Gasteiger charge is 2.34. The van der Waals surface area contributed by atoms with Crippen molar-refractivity contribution in [3.8, 4) is 11.8 Å². The highest BCUT2D eigenvalue weighted by molar-refractivity contribution is 6.31. The Hall–Kier alpha value is -2.80. The van der Waals surface area contributed by atoms with Crippen LogP contribution in [-0.2, 0) is 19.6 Å². The van der Waals surface area contributed by atoms with Crippen LogP contribution in [0.2, 0.25) is 10.3 Å². The molecule has 1 unspecified atom stereocenters. The predicted molar refractivity (Wildman–Crippen MR) is 119 cm³/mol. The number of hydrogen-bond donors (Lipinski definition) is 1. The van der Waals surface area contributed by atoms with E-state index in [1.807, 2.05) is 23.1 Å². The van der Waals surface area contributed by atoms with E-state index in [-0.39, 0.29) is 11.7 Å². The van der Waals surface area contributed by atoms with Gasteiger partial charge in [0.1, 0.15) is 11.6 Å². The van der Waals surface area contributed by atoms with Crippen molar-refractivity contribution in [1.82, 2.24) is 19.8 Å². The van der Waals surface area contributed by atoms with Gasteiger partial charge in [0.05, 0.1) is 31.3 Å². The number of piperazine rings is 1. The molecule has 4 rings (SSSR count). The number of amides is 1. The zero-order valence-corrected chi connectivity index (χ0v) is 19.0. The maximum absolute atomic E-state index is 11.5. The molecule has 2 aliphatic rings. The van der Waals surface area contributed by atoms with Crippen molar-refractivity contribution in [2.24, 2.45) is 0 Å². The molecule has 0 spiro atoms. The zero-order chi connectivity index (χ0) is 22.8. The number of carbonyl (C=O) groups is 1. The third kappa shape index (κ3) is 4.53. The van der Waals surface area contributed by atoms with Crippen molar-refractivity contribution in [1.29, 1.82) is 5.26 Å². The molecule has 11 heteroatoms. The number of ether oxygens (including phenoxy) is 1. The van der Waals surface area contributed by atoms with Gasteiger partial charge in [0.2, 0.25) is 5.28 Å². The maximum atomic E-state index is 11.5. The molecule has 0 radical (unpaired) electrons. The van der Waals surface area contributed by atoms with Gasteiger partial charge in [-0.1, -0.05) is 11.6 Å². The van der Waals surface area contributed by atoms with Crippen LogP contribution in [0.3, 0.4) is 0 Å². The van der Waals surface area contributed by atoms with Gasteiger partial charge in [-0.25, -0.2) is 14.8 Å². The lowest BCUT2D eigenvalue weighted by Crippen LogP contribution is -2.55.